The van der Waals surface area contributed by atoms with Gasteiger partial charge in [0.05, 0.1) is 17.2 Å². The van der Waals surface area contributed by atoms with Crippen molar-refractivity contribution in [3.05, 3.63) is 41.7 Å². The smallest absolute Gasteiger partial charge is 0.0912 e. The fourth-order valence-corrected chi connectivity index (χ4v) is 2.01. The van der Waals surface area contributed by atoms with E-state index in [0.29, 0.717) is 10.7 Å². The highest BCUT2D eigenvalue weighted by molar-refractivity contribution is 6.31. The number of nitrogens with two attached hydrogens (primary N) is 1. The maximum atomic E-state index is 5.96. The van der Waals surface area contributed by atoms with Gasteiger partial charge in [0.25, 0.3) is 0 Å². The summed E-state index contributed by atoms with van der Waals surface area (Å²) in [4.78, 5) is 8.55. The zero-order valence-electron chi connectivity index (χ0n) is 8.31. The van der Waals surface area contributed by atoms with Crippen LogP contribution in [0, 0.1) is 0 Å². The number of halogens is 1. The molecule has 16 heavy (non-hydrogen) atoms. The quantitative estimate of drug-likeness (QED) is 0.603. The van der Waals surface area contributed by atoms with E-state index in [4.69, 9.17) is 17.3 Å². The van der Waals surface area contributed by atoms with Crippen molar-refractivity contribution in [2.45, 2.75) is 0 Å². The third-order valence-electron chi connectivity index (χ3n) is 2.57. The maximum absolute atomic E-state index is 5.96. The first-order chi connectivity index (χ1) is 7.75. The van der Waals surface area contributed by atoms with Gasteiger partial charge in [0.1, 0.15) is 0 Å². The van der Waals surface area contributed by atoms with Gasteiger partial charge in [0, 0.05) is 27.7 Å². The predicted octanol–water partition coefficient (Wildman–Crippen LogP) is 3.02. The monoisotopic (exact) mass is 229 g/mol. The SMILES string of the molecule is Nc1ccnc2cnc3cc(Cl)ccc3c12. The van der Waals surface area contributed by atoms with E-state index < -0.39 is 0 Å². The number of nitrogens with zero attached hydrogens (tertiary/aromatic N) is 2. The van der Waals surface area contributed by atoms with Crippen LogP contribution in [0.1, 0.15) is 0 Å². The standard InChI is InChI=1S/C12H8ClN3/c13-7-1-2-8-10(5-7)16-6-11-12(8)9(14)3-4-15-11/h1-6H,(H2,14,15). The minimum atomic E-state index is 0.668. The maximum Gasteiger partial charge on any atom is 0.0912 e. The highest BCUT2D eigenvalue weighted by atomic mass is 35.5. The van der Waals surface area contributed by atoms with E-state index >= 15 is 0 Å². The minimum absolute atomic E-state index is 0.668. The zero-order valence-corrected chi connectivity index (χ0v) is 9.07. The normalized spacial score (nSPS) is 11.1. The summed E-state index contributed by atoms with van der Waals surface area (Å²) >= 11 is 5.92. The number of fused-ring (bicyclic) bond motifs is 3. The average Bonchev–Trinajstić information content (AvgIpc) is 2.29. The molecule has 0 amide bonds. The molecule has 0 fully saturated rings. The molecule has 0 spiro atoms. The molecule has 0 bridgehead atoms. The molecule has 78 valence electrons. The van der Waals surface area contributed by atoms with Crippen LogP contribution in [0.2, 0.25) is 5.02 Å². The first-order valence-electron chi connectivity index (χ1n) is 4.84. The van der Waals surface area contributed by atoms with Gasteiger partial charge in [-0.15, -0.1) is 0 Å². The summed E-state index contributed by atoms with van der Waals surface area (Å²) in [6, 6.07) is 7.36. The van der Waals surface area contributed by atoms with Crippen LogP contribution in [-0.4, -0.2) is 9.97 Å². The summed E-state index contributed by atoms with van der Waals surface area (Å²) in [7, 11) is 0. The largest absolute Gasteiger partial charge is 0.398 e. The molecule has 0 aliphatic heterocycles. The Bertz CT molecular complexity index is 694. The molecule has 2 aromatic heterocycles. The molecule has 1 aromatic carbocycles. The Hall–Kier alpha value is -1.87. The van der Waals surface area contributed by atoms with E-state index in [2.05, 4.69) is 9.97 Å². The summed E-state index contributed by atoms with van der Waals surface area (Å²) in [5.74, 6) is 0. The lowest BCUT2D eigenvalue weighted by molar-refractivity contribution is 1.36. The second kappa shape index (κ2) is 3.32. The number of rotatable bonds is 0. The van der Waals surface area contributed by atoms with Gasteiger partial charge >= 0.3 is 0 Å². The number of nitrogen functional groups attached to an aromatic ring is 1. The van der Waals surface area contributed by atoms with Gasteiger partial charge in [0.15, 0.2) is 0 Å². The molecule has 3 nitrogen and oxygen atoms in total. The molecule has 0 aliphatic rings. The van der Waals surface area contributed by atoms with E-state index in [0.717, 1.165) is 21.8 Å². The van der Waals surface area contributed by atoms with Gasteiger partial charge in [-0.1, -0.05) is 17.7 Å². The third-order valence-corrected chi connectivity index (χ3v) is 2.80. The van der Waals surface area contributed by atoms with Crippen molar-refractivity contribution in [3.63, 3.8) is 0 Å². The first kappa shape index (κ1) is 9.36. The predicted molar refractivity (Wildman–Crippen MR) is 66.5 cm³/mol. The Morgan fingerprint density at radius 1 is 1.06 bits per heavy atom. The Kier molecular flexibility index (Phi) is 1.94. The molecular formula is C12H8ClN3. The van der Waals surface area contributed by atoms with Crippen molar-refractivity contribution < 1.29 is 0 Å². The Morgan fingerprint density at radius 2 is 1.94 bits per heavy atom. The fourth-order valence-electron chi connectivity index (χ4n) is 1.84. The van der Waals surface area contributed by atoms with Gasteiger partial charge in [-0.3, -0.25) is 9.97 Å². The summed E-state index contributed by atoms with van der Waals surface area (Å²) in [5, 5.41) is 2.58. The Balaban J connectivity index is 2.58. The van der Waals surface area contributed by atoms with Gasteiger partial charge in [-0.05, 0) is 18.2 Å². The molecule has 2 N–H and O–H groups in total. The van der Waals surface area contributed by atoms with Crippen molar-refractivity contribution in [1.82, 2.24) is 9.97 Å². The summed E-state index contributed by atoms with van der Waals surface area (Å²) in [6.07, 6.45) is 3.39. The molecule has 4 heteroatoms. The molecule has 0 saturated heterocycles. The number of pyridine rings is 2. The number of aromatic nitrogens is 2. The second-order valence-electron chi connectivity index (χ2n) is 3.58. The van der Waals surface area contributed by atoms with Crippen LogP contribution in [0.25, 0.3) is 21.8 Å². The van der Waals surface area contributed by atoms with E-state index in [1.165, 1.54) is 0 Å². The van der Waals surface area contributed by atoms with Crippen LogP contribution in [-0.2, 0) is 0 Å². The molecule has 0 radical (unpaired) electrons. The van der Waals surface area contributed by atoms with E-state index in [9.17, 15) is 0 Å². The highest BCUT2D eigenvalue weighted by Gasteiger charge is 2.05. The van der Waals surface area contributed by atoms with Crippen molar-refractivity contribution in [1.29, 1.82) is 0 Å². The molecule has 0 aliphatic carbocycles. The molecule has 3 aromatic rings. The third kappa shape index (κ3) is 1.29. The van der Waals surface area contributed by atoms with Gasteiger partial charge in [-0.25, -0.2) is 0 Å². The summed E-state index contributed by atoms with van der Waals surface area (Å²) in [6.45, 7) is 0. The number of benzene rings is 1. The Morgan fingerprint density at radius 3 is 2.81 bits per heavy atom. The second-order valence-corrected chi connectivity index (χ2v) is 4.02. The lowest BCUT2D eigenvalue weighted by Crippen LogP contribution is -1.91. The average molecular weight is 230 g/mol. The van der Waals surface area contributed by atoms with E-state index in [1.807, 2.05) is 18.2 Å². The highest BCUT2D eigenvalue weighted by Crippen LogP contribution is 2.28. The van der Waals surface area contributed by atoms with Gasteiger partial charge in [-0.2, -0.15) is 0 Å². The molecular weight excluding hydrogens is 222 g/mol. The van der Waals surface area contributed by atoms with Crippen molar-refractivity contribution in [2.75, 3.05) is 5.73 Å². The fraction of sp³-hybridized carbons (Fsp3) is 0. The van der Waals surface area contributed by atoms with Gasteiger partial charge < -0.3 is 5.73 Å². The first-order valence-corrected chi connectivity index (χ1v) is 5.22. The lowest BCUT2D eigenvalue weighted by Gasteiger charge is -2.05. The van der Waals surface area contributed by atoms with Gasteiger partial charge in [0.2, 0.25) is 0 Å². The topological polar surface area (TPSA) is 51.8 Å². The summed E-state index contributed by atoms with van der Waals surface area (Å²) < 4.78 is 0. The molecule has 0 saturated carbocycles. The molecule has 3 rings (SSSR count). The van der Waals surface area contributed by atoms with Crippen LogP contribution in [0.15, 0.2) is 36.7 Å². The van der Waals surface area contributed by atoms with Crippen molar-refractivity contribution >= 4 is 39.1 Å². The van der Waals surface area contributed by atoms with Crippen LogP contribution < -0.4 is 5.73 Å². The van der Waals surface area contributed by atoms with Crippen molar-refractivity contribution in [2.24, 2.45) is 0 Å². The zero-order chi connectivity index (χ0) is 11.1. The minimum Gasteiger partial charge on any atom is -0.398 e. The van der Waals surface area contributed by atoms with Crippen LogP contribution in [0.5, 0.6) is 0 Å². The Labute approximate surface area is 96.9 Å². The number of anilines is 1. The van der Waals surface area contributed by atoms with Crippen molar-refractivity contribution in [3.8, 4) is 0 Å². The summed E-state index contributed by atoms with van der Waals surface area (Å²) in [5.41, 5.74) is 8.30. The lowest BCUT2D eigenvalue weighted by atomic mass is 10.1. The molecule has 0 unspecified atom stereocenters. The van der Waals surface area contributed by atoms with E-state index in [-0.39, 0.29) is 0 Å². The van der Waals surface area contributed by atoms with Crippen LogP contribution in [0.4, 0.5) is 5.69 Å². The van der Waals surface area contributed by atoms with Crippen LogP contribution >= 0.6 is 11.6 Å². The number of hydrogen-bond acceptors (Lipinski definition) is 3. The molecule has 2 heterocycles. The van der Waals surface area contributed by atoms with E-state index in [1.54, 1.807) is 18.5 Å². The molecule has 0 atom stereocenters. The number of hydrogen-bond donors (Lipinski definition) is 1. The van der Waals surface area contributed by atoms with Crippen LogP contribution in [0.3, 0.4) is 0 Å².